The van der Waals surface area contributed by atoms with Gasteiger partial charge in [0.25, 0.3) is 0 Å². The first kappa shape index (κ1) is 28.7. The van der Waals surface area contributed by atoms with Crippen molar-refractivity contribution in [2.24, 2.45) is 0 Å². The molecule has 0 saturated heterocycles. The first-order chi connectivity index (χ1) is 13.5. The van der Waals surface area contributed by atoms with E-state index in [-0.39, 0.29) is 0 Å². The second-order valence-electron chi connectivity index (χ2n) is 9.66. The molecular weight excluding hydrogens is 379 g/mol. The summed E-state index contributed by atoms with van der Waals surface area (Å²) in [6, 6.07) is 0. The molecule has 0 radical (unpaired) electrons. The molecule has 0 heterocycles. The van der Waals surface area contributed by atoms with E-state index in [4.69, 9.17) is 11.2 Å². The predicted octanol–water partition coefficient (Wildman–Crippen LogP) is 10.8. The Morgan fingerprint density at radius 2 is 0.607 bits per heavy atom. The Balaban J connectivity index is 4.12. The summed E-state index contributed by atoms with van der Waals surface area (Å²) in [4.78, 5) is 0. The van der Waals surface area contributed by atoms with Crippen LogP contribution in [0.3, 0.4) is 0 Å². The van der Waals surface area contributed by atoms with Crippen LogP contribution in [0.15, 0.2) is 0 Å². The molecule has 0 atom stereocenters. The summed E-state index contributed by atoms with van der Waals surface area (Å²) < 4.78 is 0. The average molecular weight is 435 g/mol. The van der Waals surface area contributed by atoms with Crippen molar-refractivity contribution in [3.8, 4) is 0 Å². The van der Waals surface area contributed by atoms with Gasteiger partial charge in [0, 0.05) is 0 Å². The van der Waals surface area contributed by atoms with Gasteiger partial charge >= 0.3 is 172 Å². The molecule has 0 bridgehead atoms. The summed E-state index contributed by atoms with van der Waals surface area (Å²) in [6.07, 6.45) is 30.7. The van der Waals surface area contributed by atoms with Gasteiger partial charge in [0.15, 0.2) is 0 Å². The first-order valence-corrected chi connectivity index (χ1v) is 17.1. The SMILES string of the molecule is CCCCCCCCCCCCCCP(Cl)(CCCC)(CCCC)CCCC. The summed E-state index contributed by atoms with van der Waals surface area (Å²) in [5.41, 5.74) is 0. The normalized spacial score (nSPS) is 13.5. The van der Waals surface area contributed by atoms with Crippen LogP contribution in [-0.2, 0) is 0 Å². The standard InChI is InChI=1S/C26H56ClP/c1-5-9-13-14-15-16-17-18-19-20-21-22-26-28(27,23-10-6-2,24-11-7-3)25-12-8-4/h5-26H2,1-4H3. The van der Waals surface area contributed by atoms with Gasteiger partial charge in [-0.2, -0.15) is 0 Å². The Morgan fingerprint density at radius 3 is 0.929 bits per heavy atom. The minimum atomic E-state index is -1.97. The van der Waals surface area contributed by atoms with Crippen molar-refractivity contribution >= 4 is 17.2 Å². The molecule has 0 nitrogen and oxygen atoms in total. The van der Waals surface area contributed by atoms with E-state index in [1.54, 1.807) is 0 Å². The van der Waals surface area contributed by atoms with Crippen molar-refractivity contribution in [1.82, 2.24) is 0 Å². The molecule has 0 aliphatic heterocycles. The van der Waals surface area contributed by atoms with Gasteiger partial charge < -0.3 is 0 Å². The van der Waals surface area contributed by atoms with Gasteiger partial charge in [-0.05, 0) is 0 Å². The van der Waals surface area contributed by atoms with E-state index in [1.807, 2.05) is 0 Å². The third kappa shape index (κ3) is 14.7. The zero-order valence-electron chi connectivity index (χ0n) is 20.4. The zero-order valence-corrected chi connectivity index (χ0v) is 22.0. The van der Waals surface area contributed by atoms with Gasteiger partial charge in [0.2, 0.25) is 0 Å². The van der Waals surface area contributed by atoms with Crippen LogP contribution in [0.5, 0.6) is 0 Å². The summed E-state index contributed by atoms with van der Waals surface area (Å²) in [5.74, 6) is -1.97. The zero-order chi connectivity index (χ0) is 21.0. The molecule has 0 amide bonds. The Bertz CT molecular complexity index is 304. The molecule has 0 unspecified atom stereocenters. The third-order valence-electron chi connectivity index (χ3n) is 6.78. The van der Waals surface area contributed by atoms with Crippen molar-refractivity contribution in [3.63, 3.8) is 0 Å². The van der Waals surface area contributed by atoms with Gasteiger partial charge in [-0.15, -0.1) is 0 Å². The fourth-order valence-corrected chi connectivity index (χ4v) is 11.8. The van der Waals surface area contributed by atoms with Gasteiger partial charge in [-0.3, -0.25) is 0 Å². The van der Waals surface area contributed by atoms with E-state index in [0.29, 0.717) is 0 Å². The van der Waals surface area contributed by atoms with E-state index < -0.39 is 5.96 Å². The van der Waals surface area contributed by atoms with Crippen LogP contribution in [0.2, 0.25) is 0 Å². The van der Waals surface area contributed by atoms with Crippen LogP contribution in [-0.4, -0.2) is 24.6 Å². The third-order valence-corrected chi connectivity index (χ3v) is 14.5. The van der Waals surface area contributed by atoms with Crippen molar-refractivity contribution in [3.05, 3.63) is 0 Å². The fourth-order valence-electron chi connectivity index (χ4n) is 4.68. The monoisotopic (exact) mass is 434 g/mol. The molecule has 28 heavy (non-hydrogen) atoms. The summed E-state index contributed by atoms with van der Waals surface area (Å²) in [5, 5.41) is 0. The minimum absolute atomic E-state index is 1.31. The van der Waals surface area contributed by atoms with Crippen molar-refractivity contribution in [2.45, 2.75) is 143 Å². The molecule has 0 aliphatic rings. The molecule has 2 heteroatoms. The predicted molar refractivity (Wildman–Crippen MR) is 138 cm³/mol. The molecule has 0 fully saturated rings. The molecule has 0 spiro atoms. The average Bonchev–Trinajstić information content (AvgIpc) is 2.71. The van der Waals surface area contributed by atoms with Crippen molar-refractivity contribution in [1.29, 1.82) is 0 Å². The Kier molecular flexibility index (Phi) is 19.0. The molecule has 0 aromatic heterocycles. The van der Waals surface area contributed by atoms with E-state index in [0.717, 1.165) is 0 Å². The van der Waals surface area contributed by atoms with Crippen LogP contribution in [0.4, 0.5) is 0 Å². The Hall–Kier alpha value is 0.720. The molecule has 0 aromatic carbocycles. The van der Waals surface area contributed by atoms with Crippen molar-refractivity contribution < 1.29 is 0 Å². The molecule has 0 rings (SSSR count). The molecule has 0 saturated carbocycles. The molecule has 0 N–H and O–H groups in total. The van der Waals surface area contributed by atoms with E-state index in [2.05, 4.69) is 27.7 Å². The van der Waals surface area contributed by atoms with Crippen LogP contribution in [0.1, 0.15) is 143 Å². The molecular formula is C26H56ClP. The number of halogens is 1. The maximum absolute atomic E-state index is 7.70. The Labute approximate surface area is 185 Å². The molecule has 0 aromatic rings. The van der Waals surface area contributed by atoms with Gasteiger partial charge in [-0.1, -0.05) is 13.3 Å². The van der Waals surface area contributed by atoms with E-state index in [1.165, 1.54) is 140 Å². The first-order valence-electron chi connectivity index (χ1n) is 13.3. The molecule has 0 aliphatic carbocycles. The fraction of sp³-hybridized carbons (Fsp3) is 1.00. The van der Waals surface area contributed by atoms with Crippen LogP contribution < -0.4 is 0 Å². The Morgan fingerprint density at radius 1 is 0.357 bits per heavy atom. The topological polar surface area (TPSA) is 0 Å². The van der Waals surface area contributed by atoms with Crippen molar-refractivity contribution in [2.75, 3.05) is 24.6 Å². The second kappa shape index (κ2) is 18.5. The van der Waals surface area contributed by atoms with Crippen LogP contribution in [0, 0.1) is 0 Å². The van der Waals surface area contributed by atoms with E-state index >= 15 is 0 Å². The summed E-state index contributed by atoms with van der Waals surface area (Å²) >= 11 is 7.70. The second-order valence-corrected chi connectivity index (χ2v) is 18.0. The summed E-state index contributed by atoms with van der Waals surface area (Å²) in [6.45, 7) is 9.31. The number of hydrogen-bond acceptors (Lipinski definition) is 0. The van der Waals surface area contributed by atoms with Gasteiger partial charge in [0.1, 0.15) is 0 Å². The maximum atomic E-state index is 7.70. The number of unbranched alkanes of at least 4 members (excludes halogenated alkanes) is 14. The number of hydrogen-bond donors (Lipinski definition) is 0. The summed E-state index contributed by atoms with van der Waals surface area (Å²) in [7, 11) is 0. The van der Waals surface area contributed by atoms with Crippen LogP contribution in [0.25, 0.3) is 0 Å². The number of rotatable bonds is 22. The van der Waals surface area contributed by atoms with Crippen LogP contribution >= 0.6 is 17.2 Å². The van der Waals surface area contributed by atoms with Gasteiger partial charge in [0.05, 0.1) is 0 Å². The molecule has 172 valence electrons. The quantitative estimate of drug-likeness (QED) is 0.117. The van der Waals surface area contributed by atoms with Gasteiger partial charge in [-0.25, -0.2) is 0 Å². The van der Waals surface area contributed by atoms with E-state index in [9.17, 15) is 0 Å².